The molecule has 1 unspecified atom stereocenters. The minimum atomic E-state index is 0.0194. The van der Waals surface area contributed by atoms with E-state index in [2.05, 4.69) is 123 Å². The standard InChI is InChI=1S/C25H19N3/c1-3-10-19(11-4-1)26-18-21-14-9-17-24-22-15-7-8-16-23(22)27(25(26)28(21)24)20-12-5-2-6-13-20/h1-18,25H/q+2. The molecule has 1 aromatic heterocycles. The van der Waals surface area contributed by atoms with Gasteiger partial charge in [-0.3, -0.25) is 0 Å². The summed E-state index contributed by atoms with van der Waals surface area (Å²) in [6, 6.07) is 36.5. The van der Waals surface area contributed by atoms with Crippen molar-refractivity contribution < 1.29 is 9.14 Å². The van der Waals surface area contributed by atoms with Crippen LogP contribution in [0.25, 0.3) is 11.3 Å². The molecule has 2 aliphatic heterocycles. The number of pyridine rings is 1. The molecular formula is C25H19N3+2. The molecule has 0 spiro atoms. The predicted molar refractivity (Wildman–Crippen MR) is 111 cm³/mol. The summed E-state index contributed by atoms with van der Waals surface area (Å²) in [4.78, 5) is 2.43. The van der Waals surface area contributed by atoms with Gasteiger partial charge < -0.3 is 0 Å². The molecule has 0 N–H and O–H groups in total. The molecule has 0 bridgehead atoms. The van der Waals surface area contributed by atoms with Gasteiger partial charge in [-0.05, 0) is 30.3 Å². The largest absolute Gasteiger partial charge is 0.445 e. The van der Waals surface area contributed by atoms with E-state index in [4.69, 9.17) is 0 Å². The van der Waals surface area contributed by atoms with Crippen LogP contribution in [0.4, 0.5) is 17.1 Å². The molecular weight excluding hydrogens is 342 g/mol. The van der Waals surface area contributed by atoms with Gasteiger partial charge in [-0.25, -0.2) is 4.90 Å². The van der Waals surface area contributed by atoms with Gasteiger partial charge in [0.2, 0.25) is 17.6 Å². The Morgan fingerprint density at radius 2 is 1.36 bits per heavy atom. The summed E-state index contributed by atoms with van der Waals surface area (Å²) in [5.74, 6) is 0. The first-order chi connectivity index (χ1) is 13.9. The smallest absolute Gasteiger partial charge is 0.224 e. The van der Waals surface area contributed by atoms with Crippen molar-refractivity contribution in [2.75, 3.05) is 4.90 Å². The highest BCUT2D eigenvalue weighted by atomic mass is 15.5. The molecule has 0 saturated carbocycles. The minimum absolute atomic E-state index is 0.0194. The molecule has 2 aliphatic rings. The van der Waals surface area contributed by atoms with Crippen LogP contribution in [0.2, 0.25) is 0 Å². The Labute approximate surface area is 164 Å². The SMILES string of the molecule is C1=[N+](c2ccccc2)C2N(c3ccccc3)c3ccccc3-c3cccc1[n+]32. The fourth-order valence-corrected chi connectivity index (χ4v) is 4.39. The van der Waals surface area contributed by atoms with Gasteiger partial charge in [0.05, 0.1) is 16.9 Å². The number of fused-ring (bicyclic) bond motifs is 2. The number of benzene rings is 3. The molecule has 3 aromatic carbocycles. The zero-order valence-corrected chi connectivity index (χ0v) is 15.3. The van der Waals surface area contributed by atoms with E-state index in [0.717, 1.165) is 0 Å². The van der Waals surface area contributed by atoms with Gasteiger partial charge in [0.15, 0.2) is 0 Å². The summed E-state index contributed by atoms with van der Waals surface area (Å²) in [6.07, 6.45) is 2.27. The lowest BCUT2D eigenvalue weighted by Crippen LogP contribution is -2.54. The second-order valence-corrected chi connectivity index (χ2v) is 7.15. The third-order valence-corrected chi connectivity index (χ3v) is 5.57. The van der Waals surface area contributed by atoms with Crippen LogP contribution in [-0.2, 0) is 0 Å². The molecule has 0 saturated heterocycles. The van der Waals surface area contributed by atoms with E-state index < -0.39 is 0 Å². The molecule has 0 radical (unpaired) electrons. The Hall–Kier alpha value is -3.72. The molecule has 0 fully saturated rings. The summed E-state index contributed by atoms with van der Waals surface area (Å²) in [6.45, 7) is 0. The maximum atomic E-state index is 2.43. The topological polar surface area (TPSA) is 10.1 Å². The van der Waals surface area contributed by atoms with Gasteiger partial charge in [0.1, 0.15) is 0 Å². The third kappa shape index (κ3) is 2.10. The lowest BCUT2D eigenvalue weighted by atomic mass is 10.0. The van der Waals surface area contributed by atoms with Gasteiger partial charge in [0, 0.05) is 24.3 Å². The molecule has 0 amide bonds. The summed E-state index contributed by atoms with van der Waals surface area (Å²) in [5.41, 5.74) is 7.31. The zero-order chi connectivity index (χ0) is 18.5. The van der Waals surface area contributed by atoms with Gasteiger partial charge in [-0.15, -0.1) is 9.14 Å². The van der Waals surface area contributed by atoms with Crippen molar-refractivity contribution in [1.29, 1.82) is 0 Å². The van der Waals surface area contributed by atoms with E-state index in [1.54, 1.807) is 0 Å². The highest BCUT2D eigenvalue weighted by molar-refractivity contribution is 5.83. The Morgan fingerprint density at radius 1 is 0.643 bits per heavy atom. The normalized spacial score (nSPS) is 16.4. The highest BCUT2D eigenvalue weighted by Gasteiger charge is 2.52. The number of hydrogen-bond acceptors (Lipinski definition) is 1. The maximum Gasteiger partial charge on any atom is 0.445 e. The zero-order valence-electron chi connectivity index (χ0n) is 15.3. The Morgan fingerprint density at radius 3 is 2.18 bits per heavy atom. The number of para-hydroxylation sites is 3. The van der Waals surface area contributed by atoms with Gasteiger partial charge in [-0.1, -0.05) is 48.5 Å². The molecule has 3 heteroatoms. The monoisotopic (exact) mass is 361 g/mol. The maximum absolute atomic E-state index is 2.43. The second kappa shape index (κ2) is 5.89. The average molecular weight is 361 g/mol. The van der Waals surface area contributed by atoms with E-state index in [1.165, 1.54) is 34.0 Å². The first kappa shape index (κ1) is 15.3. The van der Waals surface area contributed by atoms with Crippen molar-refractivity contribution in [3.8, 4) is 11.3 Å². The van der Waals surface area contributed by atoms with Crippen molar-refractivity contribution in [1.82, 2.24) is 0 Å². The highest BCUT2D eigenvalue weighted by Crippen LogP contribution is 2.43. The number of hydrogen-bond donors (Lipinski definition) is 0. The van der Waals surface area contributed by atoms with Crippen molar-refractivity contribution in [2.24, 2.45) is 0 Å². The number of aromatic nitrogens is 1. The first-order valence-corrected chi connectivity index (χ1v) is 9.58. The molecule has 132 valence electrons. The van der Waals surface area contributed by atoms with Crippen molar-refractivity contribution in [3.05, 3.63) is 109 Å². The molecule has 3 nitrogen and oxygen atoms in total. The minimum Gasteiger partial charge on any atom is -0.224 e. The van der Waals surface area contributed by atoms with E-state index >= 15 is 0 Å². The summed E-state index contributed by atoms with van der Waals surface area (Å²) in [7, 11) is 0. The van der Waals surface area contributed by atoms with E-state index in [0.29, 0.717) is 0 Å². The van der Waals surface area contributed by atoms with Crippen LogP contribution >= 0.6 is 0 Å². The average Bonchev–Trinajstić information content (AvgIpc) is 3.16. The van der Waals surface area contributed by atoms with Crippen LogP contribution in [0.15, 0.2) is 103 Å². The van der Waals surface area contributed by atoms with Crippen molar-refractivity contribution in [2.45, 2.75) is 6.29 Å². The predicted octanol–water partition coefficient (Wildman–Crippen LogP) is 5.03. The fourth-order valence-electron chi connectivity index (χ4n) is 4.39. The lowest BCUT2D eigenvalue weighted by molar-refractivity contribution is -0.834. The molecule has 6 rings (SSSR count). The van der Waals surface area contributed by atoms with Gasteiger partial charge in [-0.2, -0.15) is 0 Å². The summed E-state index contributed by atoms with van der Waals surface area (Å²) < 4.78 is 4.80. The molecule has 4 aromatic rings. The first-order valence-electron chi connectivity index (χ1n) is 9.58. The van der Waals surface area contributed by atoms with Crippen molar-refractivity contribution in [3.63, 3.8) is 0 Å². The quantitative estimate of drug-likeness (QED) is 0.456. The van der Waals surface area contributed by atoms with Gasteiger partial charge >= 0.3 is 6.29 Å². The Bertz CT molecular complexity index is 1210. The Balaban J connectivity index is 1.67. The van der Waals surface area contributed by atoms with Crippen molar-refractivity contribution >= 4 is 23.3 Å². The molecule has 3 heterocycles. The lowest BCUT2D eigenvalue weighted by Gasteiger charge is -2.30. The van der Waals surface area contributed by atoms with Gasteiger partial charge in [0.25, 0.3) is 5.69 Å². The van der Waals surface area contributed by atoms with E-state index in [-0.39, 0.29) is 6.29 Å². The summed E-state index contributed by atoms with van der Waals surface area (Å²) >= 11 is 0. The van der Waals surface area contributed by atoms with E-state index in [1.807, 2.05) is 0 Å². The van der Waals surface area contributed by atoms with Crippen LogP contribution < -0.4 is 9.47 Å². The van der Waals surface area contributed by atoms with E-state index in [9.17, 15) is 0 Å². The van der Waals surface area contributed by atoms with Crippen LogP contribution in [0.5, 0.6) is 0 Å². The molecule has 1 atom stereocenters. The summed E-state index contributed by atoms with van der Waals surface area (Å²) in [5, 5.41) is 0. The van der Waals surface area contributed by atoms with Crippen LogP contribution in [0.3, 0.4) is 0 Å². The van der Waals surface area contributed by atoms with Crippen LogP contribution in [0.1, 0.15) is 12.0 Å². The third-order valence-electron chi connectivity index (χ3n) is 5.57. The van der Waals surface area contributed by atoms with Crippen LogP contribution in [-0.4, -0.2) is 10.8 Å². The molecule has 28 heavy (non-hydrogen) atoms. The number of anilines is 2. The fraction of sp³-hybridized carbons (Fsp3) is 0.0400. The Kier molecular flexibility index (Phi) is 3.23. The number of nitrogens with zero attached hydrogens (tertiary/aromatic N) is 3. The molecule has 0 aliphatic carbocycles. The number of rotatable bonds is 2. The van der Waals surface area contributed by atoms with Crippen LogP contribution in [0, 0.1) is 0 Å². The second-order valence-electron chi connectivity index (χ2n) is 7.15.